The number of hydrogen-bond acceptors (Lipinski definition) is 5. The molecule has 1 amide bonds. The Morgan fingerprint density at radius 3 is 2.37 bits per heavy atom. The third-order valence-electron chi connectivity index (χ3n) is 3.97. The molecule has 0 saturated heterocycles. The molecule has 1 atom stereocenters. The SMILES string of the molecule is O=C(OCC(=O)N(c1ccccc1)C1C=CS(=O)(=O)C1)c1ccccc1I. The largest absolute Gasteiger partial charge is 0.452 e. The second-order valence-corrected chi connectivity index (χ2v) is 8.97. The summed E-state index contributed by atoms with van der Waals surface area (Å²) in [4.78, 5) is 26.4. The molecular formula is C19H16INO5S. The second-order valence-electron chi connectivity index (χ2n) is 5.88. The zero-order valence-electron chi connectivity index (χ0n) is 14.1. The molecule has 0 radical (unpaired) electrons. The number of carbonyl (C=O) groups is 2. The molecule has 0 saturated carbocycles. The van der Waals surface area contributed by atoms with Gasteiger partial charge in [-0.1, -0.05) is 30.3 Å². The van der Waals surface area contributed by atoms with Crippen molar-refractivity contribution in [2.24, 2.45) is 0 Å². The van der Waals surface area contributed by atoms with Crippen LogP contribution < -0.4 is 4.90 Å². The lowest BCUT2D eigenvalue weighted by atomic mass is 10.2. The fourth-order valence-electron chi connectivity index (χ4n) is 2.73. The molecule has 0 bridgehead atoms. The standard InChI is InChI=1S/C19H16INO5S/c20-17-9-5-4-8-16(17)19(23)26-12-18(22)21(14-6-2-1-3-7-14)15-10-11-27(24,25)13-15/h1-11,15H,12-13H2. The minimum absolute atomic E-state index is 0.196. The third kappa shape index (κ3) is 4.75. The highest BCUT2D eigenvalue weighted by molar-refractivity contribution is 14.1. The lowest BCUT2D eigenvalue weighted by molar-refractivity contribution is -0.121. The quantitative estimate of drug-likeness (QED) is 0.469. The first-order valence-electron chi connectivity index (χ1n) is 8.07. The number of anilines is 1. The lowest BCUT2D eigenvalue weighted by Gasteiger charge is -2.27. The number of halogens is 1. The molecule has 1 heterocycles. The maximum absolute atomic E-state index is 12.8. The van der Waals surface area contributed by atoms with Crippen LogP contribution in [0.25, 0.3) is 0 Å². The Bertz CT molecular complexity index is 988. The topological polar surface area (TPSA) is 80.8 Å². The summed E-state index contributed by atoms with van der Waals surface area (Å²) in [7, 11) is -3.35. The molecule has 8 heteroatoms. The van der Waals surface area contributed by atoms with Crippen molar-refractivity contribution < 1.29 is 22.7 Å². The predicted molar refractivity (Wildman–Crippen MR) is 110 cm³/mol. The molecule has 1 unspecified atom stereocenters. The van der Waals surface area contributed by atoms with Crippen molar-refractivity contribution in [3.05, 3.63) is 75.2 Å². The van der Waals surface area contributed by atoms with E-state index in [0.717, 1.165) is 8.98 Å². The van der Waals surface area contributed by atoms with Gasteiger partial charge < -0.3 is 9.64 Å². The van der Waals surface area contributed by atoms with E-state index < -0.39 is 34.4 Å². The Balaban J connectivity index is 1.77. The molecule has 0 N–H and O–H groups in total. The van der Waals surface area contributed by atoms with Crippen molar-refractivity contribution in [2.75, 3.05) is 17.3 Å². The van der Waals surface area contributed by atoms with E-state index in [4.69, 9.17) is 4.74 Å². The monoisotopic (exact) mass is 497 g/mol. The number of nitrogens with zero attached hydrogens (tertiary/aromatic N) is 1. The summed E-state index contributed by atoms with van der Waals surface area (Å²) in [5.74, 6) is -1.29. The van der Waals surface area contributed by atoms with Crippen LogP contribution in [0.3, 0.4) is 0 Å². The summed E-state index contributed by atoms with van der Waals surface area (Å²) in [6.07, 6.45) is 1.47. The average molecular weight is 497 g/mol. The molecule has 3 rings (SSSR count). The van der Waals surface area contributed by atoms with Crippen molar-refractivity contribution >= 4 is 50.0 Å². The predicted octanol–water partition coefficient (Wildman–Crippen LogP) is 2.79. The number of carbonyl (C=O) groups excluding carboxylic acids is 2. The molecular weight excluding hydrogens is 481 g/mol. The summed E-state index contributed by atoms with van der Waals surface area (Å²) in [6.45, 7) is -0.483. The first-order chi connectivity index (χ1) is 12.9. The van der Waals surface area contributed by atoms with E-state index in [2.05, 4.69) is 0 Å². The highest BCUT2D eigenvalue weighted by atomic mass is 127. The zero-order chi connectivity index (χ0) is 19.4. The number of hydrogen-bond donors (Lipinski definition) is 0. The summed E-state index contributed by atoms with van der Waals surface area (Å²) in [5, 5.41) is 1.11. The van der Waals surface area contributed by atoms with Gasteiger partial charge in [0.05, 0.1) is 17.4 Å². The van der Waals surface area contributed by atoms with E-state index in [-0.39, 0.29) is 5.75 Å². The molecule has 1 aliphatic heterocycles. The summed E-state index contributed by atoms with van der Waals surface area (Å²) < 4.78 is 29.4. The van der Waals surface area contributed by atoms with Gasteiger partial charge in [0.25, 0.3) is 5.91 Å². The van der Waals surface area contributed by atoms with Crippen molar-refractivity contribution in [3.63, 3.8) is 0 Å². The van der Waals surface area contributed by atoms with E-state index >= 15 is 0 Å². The van der Waals surface area contributed by atoms with Crippen LogP contribution in [-0.4, -0.2) is 38.7 Å². The minimum atomic E-state index is -3.35. The van der Waals surface area contributed by atoms with Crippen LogP contribution >= 0.6 is 22.6 Å². The van der Waals surface area contributed by atoms with Gasteiger partial charge in [0.15, 0.2) is 16.4 Å². The van der Waals surface area contributed by atoms with Crippen LogP contribution in [0, 0.1) is 3.57 Å². The molecule has 140 valence electrons. The van der Waals surface area contributed by atoms with Crippen LogP contribution in [0.1, 0.15) is 10.4 Å². The molecule has 0 fully saturated rings. The van der Waals surface area contributed by atoms with Crippen molar-refractivity contribution in [1.82, 2.24) is 0 Å². The van der Waals surface area contributed by atoms with E-state index in [0.29, 0.717) is 11.3 Å². The van der Waals surface area contributed by atoms with Gasteiger partial charge in [-0.05, 0) is 52.9 Å². The Morgan fingerprint density at radius 1 is 1.07 bits per heavy atom. The van der Waals surface area contributed by atoms with Gasteiger partial charge in [0.1, 0.15) is 0 Å². The fraction of sp³-hybridized carbons (Fsp3) is 0.158. The molecule has 0 spiro atoms. The molecule has 1 aliphatic rings. The molecule has 27 heavy (non-hydrogen) atoms. The number of amides is 1. The highest BCUT2D eigenvalue weighted by Gasteiger charge is 2.31. The normalized spacial score (nSPS) is 17.4. The van der Waals surface area contributed by atoms with Gasteiger partial charge in [0, 0.05) is 14.7 Å². The number of sulfone groups is 1. The minimum Gasteiger partial charge on any atom is -0.452 e. The van der Waals surface area contributed by atoms with E-state index in [1.165, 1.54) is 11.0 Å². The van der Waals surface area contributed by atoms with Crippen LogP contribution in [-0.2, 0) is 19.4 Å². The van der Waals surface area contributed by atoms with Gasteiger partial charge in [-0.15, -0.1) is 0 Å². The lowest BCUT2D eigenvalue weighted by Crippen LogP contribution is -2.43. The number of ether oxygens (including phenoxy) is 1. The summed E-state index contributed by atoms with van der Waals surface area (Å²) in [6, 6.07) is 15.0. The molecule has 0 aliphatic carbocycles. The summed E-state index contributed by atoms with van der Waals surface area (Å²) in [5.41, 5.74) is 0.917. The van der Waals surface area contributed by atoms with Crippen molar-refractivity contribution in [2.45, 2.75) is 6.04 Å². The molecule has 6 nitrogen and oxygen atoms in total. The summed E-state index contributed by atoms with van der Waals surface area (Å²) >= 11 is 2.02. The average Bonchev–Trinajstić information content (AvgIpc) is 3.00. The second kappa shape index (κ2) is 8.22. The van der Waals surface area contributed by atoms with Gasteiger partial charge in [0.2, 0.25) is 0 Å². The fourth-order valence-corrected chi connectivity index (χ4v) is 4.61. The number of esters is 1. The Kier molecular flexibility index (Phi) is 5.95. The van der Waals surface area contributed by atoms with E-state index in [9.17, 15) is 18.0 Å². The zero-order valence-corrected chi connectivity index (χ0v) is 17.1. The smallest absolute Gasteiger partial charge is 0.339 e. The first kappa shape index (κ1) is 19.6. The van der Waals surface area contributed by atoms with Crippen LogP contribution in [0.2, 0.25) is 0 Å². The molecule has 2 aromatic carbocycles. The third-order valence-corrected chi connectivity index (χ3v) is 6.28. The van der Waals surface area contributed by atoms with Gasteiger partial charge in [-0.2, -0.15) is 0 Å². The number of benzene rings is 2. The Hall–Kier alpha value is -2.20. The van der Waals surface area contributed by atoms with E-state index in [1.54, 1.807) is 54.6 Å². The molecule has 2 aromatic rings. The first-order valence-corrected chi connectivity index (χ1v) is 10.9. The van der Waals surface area contributed by atoms with Crippen LogP contribution in [0.4, 0.5) is 5.69 Å². The number of rotatable bonds is 5. The molecule has 0 aromatic heterocycles. The van der Waals surface area contributed by atoms with Crippen LogP contribution in [0.15, 0.2) is 66.1 Å². The van der Waals surface area contributed by atoms with Crippen molar-refractivity contribution in [3.8, 4) is 0 Å². The van der Waals surface area contributed by atoms with Gasteiger partial charge in [-0.25, -0.2) is 13.2 Å². The van der Waals surface area contributed by atoms with E-state index in [1.807, 2.05) is 22.6 Å². The number of para-hydroxylation sites is 1. The van der Waals surface area contributed by atoms with Crippen LogP contribution in [0.5, 0.6) is 0 Å². The Morgan fingerprint density at radius 2 is 1.74 bits per heavy atom. The maximum atomic E-state index is 12.8. The van der Waals surface area contributed by atoms with Crippen molar-refractivity contribution in [1.29, 1.82) is 0 Å². The van der Waals surface area contributed by atoms with Gasteiger partial charge >= 0.3 is 5.97 Å². The Labute approximate surface area is 170 Å². The highest BCUT2D eigenvalue weighted by Crippen LogP contribution is 2.23. The van der Waals surface area contributed by atoms with Gasteiger partial charge in [-0.3, -0.25) is 4.79 Å². The maximum Gasteiger partial charge on any atom is 0.339 e.